The monoisotopic (exact) mass is 353 g/mol. The summed E-state index contributed by atoms with van der Waals surface area (Å²) >= 11 is 1.75. The second-order valence-electron chi connectivity index (χ2n) is 6.47. The van der Waals surface area contributed by atoms with Crippen molar-refractivity contribution >= 4 is 17.3 Å². The van der Waals surface area contributed by atoms with Crippen LogP contribution < -0.4 is 10.6 Å². The Hall–Kier alpha value is -1.14. The van der Waals surface area contributed by atoms with Crippen molar-refractivity contribution in [2.75, 3.05) is 19.6 Å². The third-order valence-electron chi connectivity index (χ3n) is 3.88. The molecule has 1 aromatic heterocycles. The predicted octanol–water partition coefficient (Wildman–Crippen LogP) is 3.27. The summed E-state index contributed by atoms with van der Waals surface area (Å²) in [6, 6.07) is 1.18. The Balaban J connectivity index is 2.43. The number of hydrogen-bond donors (Lipinski definition) is 2. The van der Waals surface area contributed by atoms with Gasteiger partial charge in [0.25, 0.3) is 0 Å². The second-order valence-corrected chi connectivity index (χ2v) is 7.67. The molecule has 0 aliphatic heterocycles. The number of nitrogens with one attached hydrogen (secondary N) is 2. The molecule has 0 aromatic carbocycles. The Bertz CT molecular complexity index is 474. The maximum atomic E-state index is 4.65. The summed E-state index contributed by atoms with van der Waals surface area (Å²) in [5, 5.41) is 7.82. The lowest BCUT2D eigenvalue weighted by molar-refractivity contribution is 0.173. The van der Waals surface area contributed by atoms with Crippen LogP contribution in [0.4, 0.5) is 0 Å². The van der Waals surface area contributed by atoms with Gasteiger partial charge < -0.3 is 10.6 Å². The van der Waals surface area contributed by atoms with E-state index in [1.165, 1.54) is 4.88 Å². The molecule has 1 aromatic rings. The molecule has 5 nitrogen and oxygen atoms in total. The number of aryl methyl sites for hydroxylation is 1. The van der Waals surface area contributed by atoms with Gasteiger partial charge in [-0.25, -0.2) is 9.98 Å². The van der Waals surface area contributed by atoms with E-state index in [4.69, 9.17) is 0 Å². The molecule has 0 spiro atoms. The molecule has 0 atom stereocenters. The molecule has 2 N–H and O–H groups in total. The van der Waals surface area contributed by atoms with Crippen molar-refractivity contribution in [2.45, 2.75) is 73.0 Å². The Kier molecular flexibility index (Phi) is 9.95. The Morgan fingerprint density at radius 3 is 2.46 bits per heavy atom. The number of nitrogens with zero attached hydrogens (tertiary/aromatic N) is 3. The van der Waals surface area contributed by atoms with Gasteiger partial charge in [-0.05, 0) is 47.5 Å². The SMILES string of the molecule is CCNC(=NCc1ncc(CC)s1)NCCCN(C(C)C)C(C)C. The number of guanidine groups is 1. The van der Waals surface area contributed by atoms with Crippen molar-refractivity contribution in [1.82, 2.24) is 20.5 Å². The van der Waals surface area contributed by atoms with Gasteiger partial charge in [-0.2, -0.15) is 0 Å². The molecule has 0 radical (unpaired) electrons. The van der Waals surface area contributed by atoms with Gasteiger partial charge in [0.15, 0.2) is 5.96 Å². The average Bonchev–Trinajstić information content (AvgIpc) is 2.99. The summed E-state index contributed by atoms with van der Waals surface area (Å²) in [6.45, 7) is 16.8. The van der Waals surface area contributed by atoms with Crippen molar-refractivity contribution in [2.24, 2.45) is 4.99 Å². The molecule has 0 fully saturated rings. The molecule has 0 aliphatic rings. The minimum Gasteiger partial charge on any atom is -0.357 e. The zero-order valence-electron chi connectivity index (χ0n) is 16.2. The molecular formula is C18H35N5S. The van der Waals surface area contributed by atoms with Crippen molar-refractivity contribution in [3.63, 3.8) is 0 Å². The quantitative estimate of drug-likeness (QED) is 0.385. The predicted molar refractivity (Wildman–Crippen MR) is 106 cm³/mol. The Morgan fingerprint density at radius 1 is 1.21 bits per heavy atom. The fourth-order valence-electron chi connectivity index (χ4n) is 2.65. The van der Waals surface area contributed by atoms with Gasteiger partial charge in [-0.15, -0.1) is 11.3 Å². The molecule has 0 aliphatic carbocycles. The fourth-order valence-corrected chi connectivity index (χ4v) is 3.44. The minimum absolute atomic E-state index is 0.588. The van der Waals surface area contributed by atoms with Crippen molar-refractivity contribution in [3.8, 4) is 0 Å². The van der Waals surface area contributed by atoms with Gasteiger partial charge in [0, 0.05) is 42.8 Å². The smallest absolute Gasteiger partial charge is 0.191 e. The number of aliphatic imine (C=N–C) groups is 1. The van der Waals surface area contributed by atoms with Gasteiger partial charge in [-0.1, -0.05) is 6.92 Å². The van der Waals surface area contributed by atoms with Crippen molar-refractivity contribution in [3.05, 3.63) is 16.1 Å². The molecule has 24 heavy (non-hydrogen) atoms. The fraction of sp³-hybridized carbons (Fsp3) is 0.778. The first-order valence-electron chi connectivity index (χ1n) is 9.19. The largest absolute Gasteiger partial charge is 0.357 e. The Morgan fingerprint density at radius 2 is 1.92 bits per heavy atom. The molecule has 6 heteroatoms. The molecular weight excluding hydrogens is 318 g/mol. The summed E-state index contributed by atoms with van der Waals surface area (Å²) in [4.78, 5) is 12.9. The van der Waals surface area contributed by atoms with E-state index < -0.39 is 0 Å². The maximum absolute atomic E-state index is 4.65. The Labute approximate surface area is 152 Å². The molecule has 1 rings (SSSR count). The van der Waals surface area contributed by atoms with Crippen molar-refractivity contribution < 1.29 is 0 Å². The van der Waals surface area contributed by atoms with E-state index in [-0.39, 0.29) is 0 Å². The molecule has 0 unspecified atom stereocenters. The highest BCUT2D eigenvalue weighted by Gasteiger charge is 2.12. The summed E-state index contributed by atoms with van der Waals surface area (Å²) in [5.74, 6) is 0.881. The highest BCUT2D eigenvalue weighted by atomic mass is 32.1. The van der Waals surface area contributed by atoms with Crippen molar-refractivity contribution in [1.29, 1.82) is 0 Å². The lowest BCUT2D eigenvalue weighted by Gasteiger charge is -2.30. The third-order valence-corrected chi connectivity index (χ3v) is 5.01. The van der Waals surface area contributed by atoms with E-state index >= 15 is 0 Å². The van der Waals surface area contributed by atoms with Gasteiger partial charge in [-0.3, -0.25) is 4.90 Å². The summed E-state index contributed by atoms with van der Waals surface area (Å²) in [7, 11) is 0. The summed E-state index contributed by atoms with van der Waals surface area (Å²) in [5.41, 5.74) is 0. The number of thiazole rings is 1. The van der Waals surface area contributed by atoms with Crippen LogP contribution in [0.25, 0.3) is 0 Å². The van der Waals surface area contributed by atoms with Gasteiger partial charge >= 0.3 is 0 Å². The van der Waals surface area contributed by atoms with Crippen LogP contribution in [0.3, 0.4) is 0 Å². The first-order valence-corrected chi connectivity index (χ1v) is 10.0. The standard InChI is InChI=1S/C18H35N5S/c1-7-16-12-21-17(24-16)13-22-18(19-8-2)20-10-9-11-23(14(3)4)15(5)6/h12,14-15H,7-11,13H2,1-6H3,(H2,19,20,22). The van der Waals surface area contributed by atoms with Crippen LogP contribution in [0.5, 0.6) is 0 Å². The van der Waals surface area contributed by atoms with E-state index in [9.17, 15) is 0 Å². The van der Waals surface area contributed by atoms with Crippen LogP contribution in [-0.2, 0) is 13.0 Å². The minimum atomic E-state index is 0.588. The van der Waals surface area contributed by atoms with Crippen LogP contribution in [-0.4, -0.2) is 47.6 Å². The molecule has 0 saturated carbocycles. The lowest BCUT2D eigenvalue weighted by atomic mass is 10.2. The van der Waals surface area contributed by atoms with Crippen LogP contribution in [0.1, 0.15) is 57.8 Å². The van der Waals surface area contributed by atoms with Crippen LogP contribution in [0.2, 0.25) is 0 Å². The van der Waals surface area contributed by atoms with E-state index in [2.05, 4.69) is 67.1 Å². The maximum Gasteiger partial charge on any atom is 0.191 e. The van der Waals surface area contributed by atoms with E-state index in [1.54, 1.807) is 11.3 Å². The first kappa shape index (κ1) is 20.9. The number of rotatable bonds is 10. The first-order chi connectivity index (χ1) is 11.5. The van der Waals surface area contributed by atoms with Gasteiger partial charge in [0.2, 0.25) is 0 Å². The molecule has 0 saturated heterocycles. The van der Waals surface area contributed by atoms with Gasteiger partial charge in [0.1, 0.15) is 5.01 Å². The zero-order chi connectivity index (χ0) is 17.9. The molecule has 0 amide bonds. The highest BCUT2D eigenvalue weighted by Crippen LogP contribution is 2.13. The van der Waals surface area contributed by atoms with E-state index in [0.717, 1.165) is 43.4 Å². The average molecular weight is 354 g/mol. The van der Waals surface area contributed by atoms with E-state index in [0.29, 0.717) is 18.6 Å². The van der Waals surface area contributed by atoms with Crippen LogP contribution in [0, 0.1) is 0 Å². The topological polar surface area (TPSA) is 52.6 Å². The third kappa shape index (κ3) is 7.62. The number of aromatic nitrogens is 1. The lowest BCUT2D eigenvalue weighted by Crippen LogP contribution is -2.41. The highest BCUT2D eigenvalue weighted by molar-refractivity contribution is 7.11. The van der Waals surface area contributed by atoms with Crippen LogP contribution in [0.15, 0.2) is 11.2 Å². The zero-order valence-corrected chi connectivity index (χ0v) is 17.0. The van der Waals surface area contributed by atoms with Crippen LogP contribution >= 0.6 is 11.3 Å². The normalized spacial score (nSPS) is 12.5. The van der Waals surface area contributed by atoms with E-state index in [1.807, 2.05) is 6.20 Å². The second kappa shape index (κ2) is 11.4. The molecule has 1 heterocycles. The number of hydrogen-bond acceptors (Lipinski definition) is 4. The molecule has 138 valence electrons. The molecule has 0 bridgehead atoms. The summed E-state index contributed by atoms with van der Waals surface area (Å²) < 4.78 is 0. The van der Waals surface area contributed by atoms with Gasteiger partial charge in [0.05, 0.1) is 6.54 Å². The summed E-state index contributed by atoms with van der Waals surface area (Å²) in [6.07, 6.45) is 4.11.